The number of fused-ring (bicyclic) bond motifs is 3. The van der Waals surface area contributed by atoms with Crippen LogP contribution in [0.25, 0.3) is 78.7 Å². The number of rotatable bonds is 8. The van der Waals surface area contributed by atoms with E-state index in [2.05, 4.69) is 84.9 Å². The monoisotopic (exact) mass is 836 g/mol. The fraction of sp³-hybridized carbons (Fsp3) is 0.0169. The van der Waals surface area contributed by atoms with Gasteiger partial charge in [0.2, 0.25) is 0 Å². The molecule has 0 amide bonds. The van der Waals surface area contributed by atoms with E-state index in [1.807, 2.05) is 127 Å². The highest BCUT2D eigenvalue weighted by Crippen LogP contribution is 2.52. The summed E-state index contributed by atoms with van der Waals surface area (Å²) in [6.07, 6.45) is 0. The molecule has 2 heterocycles. The maximum atomic E-state index is 16.1. The van der Waals surface area contributed by atoms with Gasteiger partial charge in [-0.25, -0.2) is 19.3 Å². The first kappa shape index (κ1) is 39.1. The number of ether oxygens (including phenoxy) is 1. The van der Waals surface area contributed by atoms with Gasteiger partial charge in [-0.1, -0.05) is 182 Å². The Hall–Kier alpha value is -8.79. The zero-order valence-corrected chi connectivity index (χ0v) is 34.9. The molecule has 11 rings (SSSR count). The van der Waals surface area contributed by atoms with Crippen molar-refractivity contribution in [3.63, 3.8) is 0 Å². The van der Waals surface area contributed by atoms with Crippen LogP contribution in [0.5, 0.6) is 5.75 Å². The van der Waals surface area contributed by atoms with Crippen LogP contribution in [0.2, 0.25) is 0 Å². The molecule has 0 unspecified atom stereocenters. The largest absolute Gasteiger partial charge is 0.472 e. The smallest absolute Gasteiger partial charge is 0.185 e. The molecule has 0 radical (unpaired) electrons. The van der Waals surface area contributed by atoms with Crippen molar-refractivity contribution in [3.8, 4) is 90.5 Å². The van der Waals surface area contributed by atoms with Crippen molar-refractivity contribution >= 4 is 0 Å². The van der Waals surface area contributed by atoms with Crippen molar-refractivity contribution in [2.75, 3.05) is 0 Å². The van der Waals surface area contributed by atoms with Crippen LogP contribution in [-0.2, 0) is 5.60 Å². The summed E-state index contributed by atoms with van der Waals surface area (Å²) in [7, 11) is 0. The summed E-state index contributed by atoms with van der Waals surface area (Å²) in [5.74, 6) is 1.46. The minimum Gasteiger partial charge on any atom is -0.472 e. The Morgan fingerprint density at radius 3 is 1.58 bits per heavy atom. The first-order valence-electron chi connectivity index (χ1n) is 21.4. The molecule has 1 aliphatic heterocycles. The molecule has 0 saturated heterocycles. The van der Waals surface area contributed by atoms with E-state index in [-0.39, 0.29) is 0 Å². The van der Waals surface area contributed by atoms with Crippen LogP contribution < -0.4 is 4.74 Å². The van der Waals surface area contributed by atoms with E-state index in [0.29, 0.717) is 39.9 Å². The summed E-state index contributed by atoms with van der Waals surface area (Å²) in [5, 5.41) is 9.60. The van der Waals surface area contributed by atoms with E-state index in [1.165, 1.54) is 12.1 Å². The highest BCUT2D eigenvalue weighted by atomic mass is 19.1. The van der Waals surface area contributed by atoms with Crippen LogP contribution in [0.15, 0.2) is 224 Å². The van der Waals surface area contributed by atoms with E-state index < -0.39 is 11.4 Å². The molecule has 0 fully saturated rings. The van der Waals surface area contributed by atoms with Crippen molar-refractivity contribution in [1.29, 1.82) is 5.26 Å². The minimum absolute atomic E-state index is 0.324. The summed E-state index contributed by atoms with van der Waals surface area (Å²) in [6.45, 7) is 0. The van der Waals surface area contributed by atoms with Crippen LogP contribution in [-0.4, -0.2) is 15.0 Å². The number of benzene rings is 9. The number of aromatic nitrogens is 3. The van der Waals surface area contributed by atoms with Gasteiger partial charge < -0.3 is 4.74 Å². The van der Waals surface area contributed by atoms with Gasteiger partial charge in [-0.05, 0) is 81.4 Å². The van der Waals surface area contributed by atoms with Gasteiger partial charge in [-0.2, -0.15) is 5.26 Å². The molecule has 6 heteroatoms. The highest BCUT2D eigenvalue weighted by molar-refractivity contribution is 5.83. The van der Waals surface area contributed by atoms with E-state index in [9.17, 15) is 5.26 Å². The topological polar surface area (TPSA) is 71.7 Å². The third kappa shape index (κ3) is 7.31. The lowest BCUT2D eigenvalue weighted by Gasteiger charge is -2.41. The van der Waals surface area contributed by atoms with E-state index >= 15 is 4.39 Å². The highest BCUT2D eigenvalue weighted by Gasteiger charge is 2.44. The Kier molecular flexibility index (Phi) is 9.91. The van der Waals surface area contributed by atoms with Gasteiger partial charge in [-0.15, -0.1) is 0 Å². The summed E-state index contributed by atoms with van der Waals surface area (Å²) in [5.41, 5.74) is 12.1. The van der Waals surface area contributed by atoms with Gasteiger partial charge >= 0.3 is 0 Å². The predicted molar refractivity (Wildman–Crippen MR) is 256 cm³/mol. The number of nitrogens with zero attached hydrogens (tertiary/aromatic N) is 4. The molecular formula is C59H37FN4O. The SMILES string of the molecule is N#Cc1cccc(-c2cccc(-c3nc(-c4ccc(-c5ccccc5)cc4)nc(-c4cc(F)cc(-c5ccc6c(c5)OC(c5ccccc5)(c5ccccc5)c5ccccc5-6)c4)n3)c2)c1. The van der Waals surface area contributed by atoms with Crippen LogP contribution in [0.4, 0.5) is 4.39 Å². The van der Waals surface area contributed by atoms with Crippen LogP contribution in [0.3, 0.4) is 0 Å². The zero-order chi connectivity index (χ0) is 43.7. The quantitative estimate of drug-likeness (QED) is 0.152. The van der Waals surface area contributed by atoms with E-state index in [1.54, 1.807) is 6.07 Å². The molecule has 0 N–H and O–H groups in total. The van der Waals surface area contributed by atoms with Crippen LogP contribution >= 0.6 is 0 Å². The number of halogens is 1. The maximum absolute atomic E-state index is 16.1. The Balaban J connectivity index is 1.04. The average molecular weight is 837 g/mol. The summed E-state index contributed by atoms with van der Waals surface area (Å²) >= 11 is 0. The Morgan fingerprint density at radius 1 is 0.385 bits per heavy atom. The van der Waals surface area contributed by atoms with E-state index in [0.717, 1.165) is 66.8 Å². The molecule has 0 bridgehead atoms. The van der Waals surface area contributed by atoms with Crippen LogP contribution in [0.1, 0.15) is 22.3 Å². The second kappa shape index (κ2) is 16.5. The van der Waals surface area contributed by atoms with E-state index in [4.69, 9.17) is 19.7 Å². The van der Waals surface area contributed by atoms with Gasteiger partial charge in [0, 0.05) is 38.9 Å². The lowest BCUT2D eigenvalue weighted by Crippen LogP contribution is -2.38. The fourth-order valence-corrected chi connectivity index (χ4v) is 8.89. The fourth-order valence-electron chi connectivity index (χ4n) is 8.89. The third-order valence-electron chi connectivity index (χ3n) is 12.0. The average Bonchev–Trinajstić information content (AvgIpc) is 3.38. The minimum atomic E-state index is -0.940. The Morgan fingerprint density at radius 2 is 0.877 bits per heavy atom. The number of nitriles is 1. The summed E-state index contributed by atoms with van der Waals surface area (Å²) in [4.78, 5) is 15.1. The van der Waals surface area contributed by atoms with Crippen molar-refractivity contribution in [1.82, 2.24) is 15.0 Å². The number of hydrogen-bond acceptors (Lipinski definition) is 5. The second-order valence-corrected chi connectivity index (χ2v) is 16.0. The second-order valence-electron chi connectivity index (χ2n) is 16.0. The van der Waals surface area contributed by atoms with Crippen molar-refractivity contribution < 1.29 is 9.13 Å². The molecule has 0 spiro atoms. The zero-order valence-electron chi connectivity index (χ0n) is 34.9. The lowest BCUT2D eigenvalue weighted by atomic mass is 9.75. The Labute approximate surface area is 376 Å². The molecule has 1 aromatic heterocycles. The lowest BCUT2D eigenvalue weighted by molar-refractivity contribution is 0.152. The summed E-state index contributed by atoms with van der Waals surface area (Å²) < 4.78 is 23.4. The molecule has 10 aromatic rings. The molecule has 9 aromatic carbocycles. The first-order chi connectivity index (χ1) is 32.0. The van der Waals surface area contributed by atoms with Gasteiger partial charge in [0.25, 0.3) is 0 Å². The predicted octanol–water partition coefficient (Wildman–Crippen LogP) is 14.2. The molecule has 306 valence electrons. The molecule has 5 nitrogen and oxygen atoms in total. The molecule has 0 atom stereocenters. The molecule has 0 saturated carbocycles. The van der Waals surface area contributed by atoms with Gasteiger partial charge in [0.1, 0.15) is 11.6 Å². The van der Waals surface area contributed by atoms with Crippen molar-refractivity contribution in [3.05, 3.63) is 253 Å². The third-order valence-corrected chi connectivity index (χ3v) is 12.0. The molecular weight excluding hydrogens is 800 g/mol. The standard InChI is InChI=1S/C59H37FN4O/c60-51-35-47(45-30-31-53-52-24-10-11-25-54(52)59(65-55(53)37-45,49-20-6-2-7-21-49)50-22-8-3-9-23-50)34-48(36-51)58-63-56(42-28-26-41(27-29-42)40-15-4-1-5-16-40)62-57(64-58)46-19-13-18-44(33-46)43-17-12-14-39(32-43)38-61/h1-37H. The molecule has 1 aliphatic rings. The molecule has 65 heavy (non-hydrogen) atoms. The van der Waals surface area contributed by atoms with Crippen molar-refractivity contribution in [2.24, 2.45) is 0 Å². The Bertz CT molecular complexity index is 3380. The number of hydrogen-bond donors (Lipinski definition) is 0. The maximum Gasteiger partial charge on any atom is 0.185 e. The van der Waals surface area contributed by atoms with Crippen LogP contribution in [0, 0.1) is 17.1 Å². The first-order valence-corrected chi connectivity index (χ1v) is 21.4. The molecule has 0 aliphatic carbocycles. The normalized spacial score (nSPS) is 12.3. The van der Waals surface area contributed by atoms with Gasteiger partial charge in [0.05, 0.1) is 11.6 Å². The van der Waals surface area contributed by atoms with Crippen molar-refractivity contribution in [2.45, 2.75) is 5.60 Å². The van der Waals surface area contributed by atoms with Gasteiger partial charge in [-0.3, -0.25) is 0 Å². The summed E-state index contributed by atoms with van der Waals surface area (Å²) in [6, 6.07) is 75.9. The van der Waals surface area contributed by atoms with Gasteiger partial charge in [0.15, 0.2) is 23.1 Å².